The minimum Gasteiger partial charge on any atom is -0.465 e. The van der Waals surface area contributed by atoms with Gasteiger partial charge in [-0.05, 0) is 60.7 Å². The Hall–Kier alpha value is -5.51. The smallest absolute Gasteiger partial charge is 0.337 e. The van der Waals surface area contributed by atoms with Gasteiger partial charge in [0.15, 0.2) is 0 Å². The van der Waals surface area contributed by atoms with E-state index in [1.807, 2.05) is 0 Å². The Morgan fingerprint density at radius 2 is 1.29 bits per heavy atom. The maximum atomic E-state index is 14.6. The third-order valence-electron chi connectivity index (χ3n) is 9.89. The summed E-state index contributed by atoms with van der Waals surface area (Å²) in [6, 6.07) is 19.2. The van der Waals surface area contributed by atoms with Crippen LogP contribution in [0.2, 0.25) is 0 Å². The monoisotopic (exact) mass is 778 g/mol. The SMILES string of the molecule is C1NCC12COC2.COC(=O)c1ccc(CN(C(=O)N2CC3(COC3)C2)c2cccc(F)c2)c(F)c1.COC(=O)c1ccc(CNc2cccc(F)c2)c(F)c1. The zero-order chi connectivity index (χ0) is 39.9. The van der Waals surface area contributed by atoms with Crippen molar-refractivity contribution in [3.63, 3.8) is 0 Å². The molecule has 2 spiro atoms. The quantitative estimate of drug-likeness (QED) is 0.160. The van der Waals surface area contributed by atoms with Gasteiger partial charge < -0.3 is 34.5 Å². The minimum atomic E-state index is -0.651. The fraction of sp³-hybridized carbons (Fsp3) is 0.341. The average molecular weight is 779 g/mol. The summed E-state index contributed by atoms with van der Waals surface area (Å²) in [5, 5.41) is 6.13. The molecule has 56 heavy (non-hydrogen) atoms. The Morgan fingerprint density at radius 1 is 0.732 bits per heavy atom. The van der Waals surface area contributed by atoms with Crippen molar-refractivity contribution in [3.8, 4) is 0 Å². The first-order valence-electron chi connectivity index (χ1n) is 17.8. The highest BCUT2D eigenvalue weighted by atomic mass is 19.1. The van der Waals surface area contributed by atoms with Gasteiger partial charge in [0.05, 0.1) is 63.7 Å². The summed E-state index contributed by atoms with van der Waals surface area (Å²) in [5.41, 5.74) is 2.33. The highest BCUT2D eigenvalue weighted by Gasteiger charge is 2.51. The van der Waals surface area contributed by atoms with E-state index in [4.69, 9.17) is 9.47 Å². The van der Waals surface area contributed by atoms with Crippen molar-refractivity contribution in [3.05, 3.63) is 130 Å². The molecule has 2 amide bonds. The second kappa shape index (κ2) is 17.5. The molecule has 0 atom stereocenters. The van der Waals surface area contributed by atoms with Crippen molar-refractivity contribution in [2.24, 2.45) is 10.8 Å². The first kappa shape index (κ1) is 40.2. The number of nitrogens with zero attached hydrogens (tertiary/aromatic N) is 2. The molecule has 4 aromatic carbocycles. The van der Waals surface area contributed by atoms with Crippen LogP contribution in [0.1, 0.15) is 31.8 Å². The van der Waals surface area contributed by atoms with Crippen LogP contribution in [0, 0.1) is 34.1 Å². The summed E-state index contributed by atoms with van der Waals surface area (Å²) in [6.45, 7) is 6.83. The molecule has 11 nitrogen and oxygen atoms in total. The molecule has 4 fully saturated rings. The van der Waals surface area contributed by atoms with Crippen LogP contribution in [-0.2, 0) is 32.0 Å². The van der Waals surface area contributed by atoms with Crippen LogP contribution in [0.5, 0.6) is 0 Å². The predicted octanol–water partition coefficient (Wildman–Crippen LogP) is 6.18. The number of methoxy groups -OCH3 is 2. The summed E-state index contributed by atoms with van der Waals surface area (Å²) < 4.78 is 74.5. The first-order valence-corrected chi connectivity index (χ1v) is 17.8. The molecule has 4 aliphatic rings. The van der Waals surface area contributed by atoms with Crippen molar-refractivity contribution in [1.29, 1.82) is 0 Å². The molecule has 296 valence electrons. The lowest BCUT2D eigenvalue weighted by molar-refractivity contribution is -0.174. The summed E-state index contributed by atoms with van der Waals surface area (Å²) in [7, 11) is 2.45. The molecular weight excluding hydrogens is 736 g/mol. The number of carbonyl (C=O) groups is 3. The van der Waals surface area contributed by atoms with Gasteiger partial charge in [-0.15, -0.1) is 0 Å². The molecule has 0 aromatic heterocycles. The molecule has 4 aliphatic heterocycles. The molecule has 4 aromatic rings. The van der Waals surface area contributed by atoms with Gasteiger partial charge in [-0.2, -0.15) is 0 Å². The van der Waals surface area contributed by atoms with Crippen molar-refractivity contribution < 1.29 is 50.9 Å². The van der Waals surface area contributed by atoms with Crippen molar-refractivity contribution >= 4 is 29.3 Å². The van der Waals surface area contributed by atoms with Crippen LogP contribution in [0.25, 0.3) is 0 Å². The standard InChI is InChI=1S/C21H20F2N2O4.C15H13F2NO2.C5H9NO/c1-28-19(26)14-5-6-15(18(23)7-14)9-25(17-4-2-3-16(22)8-17)20(27)24-10-21(11-24)12-29-13-21;1-20-15(19)10-5-6-11(14(17)7-10)9-18-13-4-2-3-12(16)8-13;1-5(2-6-1)3-7-4-5/h2-8H,9-13H2,1H3;2-8,18H,9H2,1H3;6H,1-4H2. The largest absolute Gasteiger partial charge is 0.465 e. The highest BCUT2D eigenvalue weighted by Crippen LogP contribution is 2.39. The zero-order valence-electron chi connectivity index (χ0n) is 30.9. The lowest BCUT2D eigenvalue weighted by Gasteiger charge is -2.55. The normalized spacial score (nSPS) is 16.6. The number of ether oxygens (including phenoxy) is 4. The summed E-state index contributed by atoms with van der Waals surface area (Å²) in [5.74, 6) is -3.26. The summed E-state index contributed by atoms with van der Waals surface area (Å²) >= 11 is 0. The van der Waals surface area contributed by atoms with E-state index in [0.29, 0.717) is 48.7 Å². The Bertz CT molecular complexity index is 2030. The molecule has 2 N–H and O–H groups in total. The van der Waals surface area contributed by atoms with Crippen LogP contribution in [0.3, 0.4) is 0 Å². The highest BCUT2D eigenvalue weighted by molar-refractivity contribution is 5.93. The van der Waals surface area contributed by atoms with Crippen molar-refractivity contribution in [2.75, 3.05) is 77.0 Å². The van der Waals surface area contributed by atoms with E-state index in [9.17, 15) is 31.9 Å². The van der Waals surface area contributed by atoms with Crippen molar-refractivity contribution in [2.45, 2.75) is 13.1 Å². The molecule has 0 saturated carbocycles. The number of hydrogen-bond acceptors (Lipinski definition) is 9. The zero-order valence-corrected chi connectivity index (χ0v) is 30.9. The third-order valence-corrected chi connectivity index (χ3v) is 9.89. The van der Waals surface area contributed by atoms with Crippen LogP contribution >= 0.6 is 0 Å². The van der Waals surface area contributed by atoms with Gasteiger partial charge in [-0.1, -0.05) is 24.3 Å². The van der Waals surface area contributed by atoms with Crippen molar-refractivity contribution in [1.82, 2.24) is 10.2 Å². The number of carbonyl (C=O) groups excluding carboxylic acids is 3. The van der Waals surface area contributed by atoms with E-state index < -0.39 is 29.4 Å². The number of esters is 2. The predicted molar refractivity (Wildman–Crippen MR) is 198 cm³/mol. The summed E-state index contributed by atoms with van der Waals surface area (Å²) in [6.07, 6.45) is 0. The van der Waals surface area contributed by atoms with Gasteiger partial charge in [-0.3, -0.25) is 4.90 Å². The molecule has 4 heterocycles. The number of likely N-dealkylation sites (tertiary alicyclic amines) is 1. The number of anilines is 2. The van der Waals surface area contributed by atoms with Crippen LogP contribution in [0.15, 0.2) is 84.9 Å². The number of benzene rings is 4. The Labute approximate surface area is 321 Å². The number of rotatable bonds is 8. The molecule has 0 aliphatic carbocycles. The van der Waals surface area contributed by atoms with E-state index in [-0.39, 0.29) is 47.0 Å². The molecule has 15 heteroatoms. The van der Waals surface area contributed by atoms with Gasteiger partial charge in [0.25, 0.3) is 0 Å². The lowest BCUT2D eigenvalue weighted by atomic mass is 9.78. The Balaban J connectivity index is 0.000000168. The first-order chi connectivity index (χ1) is 26.9. The van der Waals surface area contributed by atoms with Gasteiger partial charge >= 0.3 is 18.0 Å². The van der Waals surface area contributed by atoms with Gasteiger partial charge in [0.2, 0.25) is 0 Å². The minimum absolute atomic E-state index is 0.0245. The number of urea groups is 1. The van der Waals surface area contributed by atoms with E-state index in [1.165, 1.54) is 86.8 Å². The molecule has 0 bridgehead atoms. The molecule has 8 rings (SSSR count). The maximum absolute atomic E-state index is 14.6. The van der Waals surface area contributed by atoms with E-state index in [2.05, 4.69) is 20.1 Å². The number of amides is 2. The van der Waals surface area contributed by atoms with Crippen LogP contribution in [0.4, 0.5) is 33.7 Å². The molecular formula is C41H42F4N4O7. The topological polar surface area (TPSA) is 119 Å². The fourth-order valence-corrected chi connectivity index (χ4v) is 6.45. The fourth-order valence-electron chi connectivity index (χ4n) is 6.45. The molecule has 4 saturated heterocycles. The van der Waals surface area contributed by atoms with E-state index in [1.54, 1.807) is 23.1 Å². The Morgan fingerprint density at radius 3 is 1.73 bits per heavy atom. The second-order valence-corrected chi connectivity index (χ2v) is 14.3. The van der Waals surface area contributed by atoms with E-state index in [0.717, 1.165) is 25.3 Å². The average Bonchev–Trinajstić information content (AvgIpc) is 3.11. The number of nitrogens with one attached hydrogen (secondary N) is 2. The second-order valence-electron chi connectivity index (χ2n) is 14.3. The number of hydrogen-bond donors (Lipinski definition) is 2. The van der Waals surface area contributed by atoms with Gasteiger partial charge in [0, 0.05) is 60.6 Å². The maximum Gasteiger partial charge on any atom is 0.337 e. The third kappa shape index (κ3) is 9.46. The molecule has 0 radical (unpaired) electrons. The Kier molecular flexibility index (Phi) is 12.6. The number of halogens is 4. The van der Waals surface area contributed by atoms with Gasteiger partial charge in [0.1, 0.15) is 23.3 Å². The van der Waals surface area contributed by atoms with Crippen LogP contribution in [-0.4, -0.2) is 89.7 Å². The van der Waals surface area contributed by atoms with Gasteiger partial charge in [-0.25, -0.2) is 31.9 Å². The van der Waals surface area contributed by atoms with Crippen LogP contribution < -0.4 is 15.5 Å². The summed E-state index contributed by atoms with van der Waals surface area (Å²) in [4.78, 5) is 38.9. The molecule has 0 unspecified atom stereocenters. The van der Waals surface area contributed by atoms with E-state index >= 15 is 0 Å². The lowest BCUT2D eigenvalue weighted by Crippen LogP contribution is -2.68.